The van der Waals surface area contributed by atoms with Crippen LogP contribution in [0.2, 0.25) is 0 Å². The molecule has 0 aromatic heterocycles. The van der Waals surface area contributed by atoms with Gasteiger partial charge in [-0.2, -0.15) is 0 Å². The predicted octanol–water partition coefficient (Wildman–Crippen LogP) is -0.231. The van der Waals surface area contributed by atoms with Crippen LogP contribution in [0.4, 0.5) is 0 Å². The van der Waals surface area contributed by atoms with E-state index in [1.807, 2.05) is 0 Å². The van der Waals surface area contributed by atoms with E-state index in [2.05, 4.69) is 0 Å². The zero-order valence-electron chi connectivity index (χ0n) is 14.7. The minimum Gasteiger partial charge on any atom is -0.545 e. The first kappa shape index (κ1) is 24.1. The fourth-order valence-corrected chi connectivity index (χ4v) is 1.72. The van der Waals surface area contributed by atoms with Crippen LogP contribution >= 0.6 is 0 Å². The summed E-state index contributed by atoms with van der Waals surface area (Å²) in [5, 5.41) is 30.3. The molecule has 0 aliphatic heterocycles. The van der Waals surface area contributed by atoms with Gasteiger partial charge in [0.2, 0.25) is 0 Å². The first-order chi connectivity index (χ1) is 12.9. The van der Waals surface area contributed by atoms with Gasteiger partial charge in [-0.1, -0.05) is 91.0 Å². The Morgan fingerprint density at radius 3 is 0.714 bits per heavy atom. The summed E-state index contributed by atoms with van der Waals surface area (Å²) in [6.45, 7) is 0. The van der Waals surface area contributed by atoms with Crippen LogP contribution < -0.4 is 15.3 Å². The molecule has 7 heteroatoms. The first-order valence-corrected chi connectivity index (χ1v) is 7.71. The molecule has 0 amide bonds. The summed E-state index contributed by atoms with van der Waals surface area (Å²) in [6, 6.07) is 24.2. The van der Waals surface area contributed by atoms with Gasteiger partial charge in [0.1, 0.15) is 0 Å². The normalized spacial score (nSPS) is 8.57. The molecule has 0 radical (unpaired) electrons. The molecule has 3 aromatic rings. The van der Waals surface area contributed by atoms with Crippen LogP contribution in [0.1, 0.15) is 31.1 Å². The van der Waals surface area contributed by atoms with Crippen molar-refractivity contribution >= 4 is 26.3 Å². The molecule has 138 valence electrons. The van der Waals surface area contributed by atoms with Gasteiger partial charge in [0.15, 0.2) is 0 Å². The van der Waals surface area contributed by atoms with E-state index in [1.165, 1.54) is 36.4 Å². The Morgan fingerprint density at radius 2 is 0.607 bits per heavy atom. The largest absolute Gasteiger partial charge is 3.00 e. The number of carbonyl (C=O) groups excluding carboxylic acids is 3. The topological polar surface area (TPSA) is 120 Å². The Bertz CT molecular complexity index is 734. The summed E-state index contributed by atoms with van der Waals surface area (Å²) in [5.74, 6) is -3.39. The van der Waals surface area contributed by atoms with Crippen molar-refractivity contribution in [1.29, 1.82) is 0 Å². The van der Waals surface area contributed by atoms with Crippen molar-refractivity contribution in [3.63, 3.8) is 0 Å². The number of carboxylic acids is 3. The van der Waals surface area contributed by atoms with Gasteiger partial charge < -0.3 is 29.7 Å². The second-order valence-corrected chi connectivity index (χ2v) is 4.96. The third-order valence-corrected chi connectivity index (χ3v) is 3.03. The predicted molar refractivity (Wildman–Crippen MR) is 98.1 cm³/mol. The maximum atomic E-state index is 10.1. The fourth-order valence-electron chi connectivity index (χ4n) is 1.72. The molecule has 0 spiro atoms. The summed E-state index contributed by atoms with van der Waals surface area (Å²) in [6.07, 6.45) is 0. The molecule has 0 saturated heterocycles. The van der Waals surface area contributed by atoms with Gasteiger partial charge in [-0.3, -0.25) is 0 Å². The van der Waals surface area contributed by atoms with E-state index < -0.39 is 17.9 Å². The third-order valence-electron chi connectivity index (χ3n) is 3.03. The van der Waals surface area contributed by atoms with Crippen molar-refractivity contribution in [3.8, 4) is 0 Å². The van der Waals surface area contributed by atoms with Crippen molar-refractivity contribution < 1.29 is 29.7 Å². The van der Waals surface area contributed by atoms with Crippen molar-refractivity contribution in [2.45, 2.75) is 0 Å². The van der Waals surface area contributed by atoms with Crippen LogP contribution in [-0.4, -0.2) is 26.3 Å². The Balaban J connectivity index is 0.000000384. The standard InChI is InChI=1S/3C7H6O2.B/c3*8-7(9)6-4-2-1-3-5-6;/h3*1-5H,(H,8,9);/q;;;+3/p-3. The second-order valence-electron chi connectivity index (χ2n) is 4.96. The Hall–Kier alpha value is -3.87. The summed E-state index contributed by atoms with van der Waals surface area (Å²) in [7, 11) is 0. The fraction of sp³-hybridized carbons (Fsp3) is 0. The van der Waals surface area contributed by atoms with Crippen LogP contribution in [-0.2, 0) is 0 Å². The van der Waals surface area contributed by atoms with E-state index in [-0.39, 0.29) is 25.1 Å². The molecule has 0 atom stereocenters. The van der Waals surface area contributed by atoms with Crippen LogP contribution in [0.25, 0.3) is 0 Å². The molecule has 0 bridgehead atoms. The molecule has 0 heterocycles. The van der Waals surface area contributed by atoms with Crippen molar-refractivity contribution in [2.75, 3.05) is 0 Å². The van der Waals surface area contributed by atoms with Gasteiger partial charge >= 0.3 is 8.41 Å². The summed E-state index contributed by atoms with van der Waals surface area (Å²) in [4.78, 5) is 30.3. The summed E-state index contributed by atoms with van der Waals surface area (Å²) in [5.41, 5.74) is 0.660. The Kier molecular flexibility index (Phi) is 11.5. The van der Waals surface area contributed by atoms with Crippen LogP contribution in [0.3, 0.4) is 0 Å². The van der Waals surface area contributed by atoms with Gasteiger partial charge in [-0.15, -0.1) is 0 Å². The second kappa shape index (κ2) is 13.4. The number of hydrogen-bond donors (Lipinski definition) is 0. The Labute approximate surface area is 164 Å². The minimum absolute atomic E-state index is 0. The maximum Gasteiger partial charge on any atom is 3.00 e. The molecule has 0 aliphatic rings. The van der Waals surface area contributed by atoms with E-state index in [0.717, 1.165) is 0 Å². The average molecular weight is 374 g/mol. The Morgan fingerprint density at radius 1 is 0.429 bits per heavy atom. The van der Waals surface area contributed by atoms with E-state index in [1.54, 1.807) is 54.6 Å². The number of benzene rings is 3. The van der Waals surface area contributed by atoms with Crippen molar-refractivity contribution in [2.24, 2.45) is 0 Å². The molecule has 0 unspecified atom stereocenters. The summed E-state index contributed by atoms with van der Waals surface area (Å²) < 4.78 is 0. The monoisotopic (exact) mass is 374 g/mol. The third kappa shape index (κ3) is 9.57. The number of aromatic carboxylic acids is 3. The van der Waals surface area contributed by atoms with Crippen molar-refractivity contribution in [1.82, 2.24) is 0 Å². The molecule has 0 saturated carbocycles. The van der Waals surface area contributed by atoms with Gasteiger partial charge in [0.05, 0.1) is 17.9 Å². The number of carbonyl (C=O) groups is 3. The van der Waals surface area contributed by atoms with Gasteiger partial charge in [0.25, 0.3) is 0 Å². The molecule has 6 nitrogen and oxygen atoms in total. The van der Waals surface area contributed by atoms with Gasteiger partial charge in [-0.05, 0) is 16.7 Å². The number of carboxylic acid groups (broad SMARTS) is 3. The average Bonchev–Trinajstić information content (AvgIpc) is 2.71. The van der Waals surface area contributed by atoms with Crippen LogP contribution in [0.15, 0.2) is 91.0 Å². The molecule has 28 heavy (non-hydrogen) atoms. The quantitative estimate of drug-likeness (QED) is 0.584. The minimum atomic E-state index is -1.13. The first-order valence-electron chi connectivity index (χ1n) is 7.71. The molecule has 0 aliphatic carbocycles. The summed E-state index contributed by atoms with van der Waals surface area (Å²) >= 11 is 0. The van der Waals surface area contributed by atoms with Gasteiger partial charge in [-0.25, -0.2) is 0 Å². The van der Waals surface area contributed by atoms with E-state index in [9.17, 15) is 29.7 Å². The van der Waals surface area contributed by atoms with Crippen molar-refractivity contribution in [3.05, 3.63) is 108 Å². The zero-order valence-corrected chi connectivity index (χ0v) is 14.7. The molecule has 0 fully saturated rings. The van der Waals surface area contributed by atoms with E-state index >= 15 is 0 Å². The SMILES string of the molecule is O=C([O-])c1ccccc1.O=C([O-])c1ccccc1.O=C([O-])c1ccccc1.[B+3]. The molecular weight excluding hydrogens is 359 g/mol. The molecule has 0 N–H and O–H groups in total. The smallest absolute Gasteiger partial charge is 0.545 e. The zero-order chi connectivity index (χ0) is 20.1. The molecule has 3 aromatic carbocycles. The number of hydrogen-bond acceptors (Lipinski definition) is 6. The van der Waals surface area contributed by atoms with E-state index in [4.69, 9.17) is 0 Å². The number of rotatable bonds is 3. The molecular formula is C21H15BO6. The van der Waals surface area contributed by atoms with E-state index in [0.29, 0.717) is 0 Å². The molecule has 3 rings (SSSR count). The maximum absolute atomic E-state index is 10.1. The van der Waals surface area contributed by atoms with Gasteiger partial charge in [0, 0.05) is 0 Å². The van der Waals surface area contributed by atoms with Crippen LogP contribution in [0.5, 0.6) is 0 Å². The van der Waals surface area contributed by atoms with Crippen LogP contribution in [0, 0.1) is 0 Å².